The molecule has 0 spiro atoms. The van der Waals surface area contributed by atoms with Gasteiger partial charge in [-0.05, 0) is 30.7 Å². The first kappa shape index (κ1) is 14.8. The number of carbonyl (C=O) groups is 2. The minimum Gasteiger partial charge on any atom is -0.475 e. The fraction of sp³-hybridized carbons (Fsp3) is 0.250. The Bertz CT molecular complexity index is 645. The van der Waals surface area contributed by atoms with Crippen molar-refractivity contribution in [1.82, 2.24) is 0 Å². The predicted octanol–water partition coefficient (Wildman–Crippen LogP) is 3.77. The maximum atomic E-state index is 11.8. The third-order valence-corrected chi connectivity index (χ3v) is 3.04. The Morgan fingerprint density at radius 2 is 1.95 bits per heavy atom. The number of carboxylic acid groups (broad SMARTS) is 1. The highest BCUT2D eigenvalue weighted by Crippen LogP contribution is 2.29. The molecule has 110 valence electrons. The van der Waals surface area contributed by atoms with Gasteiger partial charge in [0.1, 0.15) is 5.76 Å². The first-order valence-corrected chi connectivity index (χ1v) is 6.84. The summed E-state index contributed by atoms with van der Waals surface area (Å²) >= 11 is 0. The lowest BCUT2D eigenvalue weighted by Gasteiger charge is -2.09. The fourth-order valence-corrected chi connectivity index (χ4v) is 1.95. The van der Waals surface area contributed by atoms with Crippen molar-refractivity contribution in [3.05, 3.63) is 42.2 Å². The summed E-state index contributed by atoms with van der Waals surface area (Å²) < 4.78 is 5.28. The number of unbranched alkanes of at least 4 members (excludes halogenated alkanes) is 1. The van der Waals surface area contributed by atoms with Crippen LogP contribution in [0.1, 0.15) is 36.7 Å². The zero-order chi connectivity index (χ0) is 15.2. The molecule has 1 heterocycles. The molecule has 2 aromatic rings. The van der Waals surface area contributed by atoms with Gasteiger partial charge in [0, 0.05) is 12.0 Å². The molecule has 0 bridgehead atoms. The van der Waals surface area contributed by atoms with Gasteiger partial charge < -0.3 is 14.8 Å². The lowest BCUT2D eigenvalue weighted by atomic mass is 10.1. The van der Waals surface area contributed by atoms with Crippen LogP contribution in [0.15, 0.2) is 40.8 Å². The van der Waals surface area contributed by atoms with E-state index in [2.05, 4.69) is 5.32 Å². The molecular weight excluding hydrogens is 270 g/mol. The second-order valence-corrected chi connectivity index (χ2v) is 4.67. The number of carboxylic acids is 1. The number of anilines is 1. The molecule has 0 atom stereocenters. The summed E-state index contributed by atoms with van der Waals surface area (Å²) in [7, 11) is 0. The average molecular weight is 287 g/mol. The molecule has 1 aromatic heterocycles. The molecular formula is C16H17NO4. The van der Waals surface area contributed by atoms with E-state index >= 15 is 0 Å². The Balaban J connectivity index is 2.23. The highest BCUT2D eigenvalue weighted by molar-refractivity contribution is 5.95. The molecule has 5 heteroatoms. The first-order valence-electron chi connectivity index (χ1n) is 6.84. The summed E-state index contributed by atoms with van der Waals surface area (Å²) in [4.78, 5) is 22.7. The van der Waals surface area contributed by atoms with Crippen LogP contribution in [0.3, 0.4) is 0 Å². The van der Waals surface area contributed by atoms with Crippen LogP contribution in [0.25, 0.3) is 11.3 Å². The summed E-state index contributed by atoms with van der Waals surface area (Å²) in [6.45, 7) is 2.03. The molecule has 21 heavy (non-hydrogen) atoms. The van der Waals surface area contributed by atoms with Gasteiger partial charge in [-0.3, -0.25) is 4.79 Å². The number of rotatable bonds is 6. The molecule has 5 nitrogen and oxygen atoms in total. The van der Waals surface area contributed by atoms with Gasteiger partial charge in [-0.2, -0.15) is 0 Å². The SMILES string of the molecule is CCCCC(=O)Nc1ccccc1-c1ccc(C(=O)O)o1. The maximum Gasteiger partial charge on any atom is 0.371 e. The van der Waals surface area contributed by atoms with Gasteiger partial charge in [0.15, 0.2) is 0 Å². The Labute approximate surface area is 122 Å². The van der Waals surface area contributed by atoms with Crippen LogP contribution in [0.2, 0.25) is 0 Å². The number of hydrogen-bond acceptors (Lipinski definition) is 3. The zero-order valence-corrected chi connectivity index (χ0v) is 11.8. The Morgan fingerprint density at radius 3 is 2.62 bits per heavy atom. The summed E-state index contributed by atoms with van der Waals surface area (Å²) in [6, 6.07) is 10.1. The Hall–Kier alpha value is -2.56. The molecule has 0 aliphatic rings. The van der Waals surface area contributed by atoms with E-state index in [4.69, 9.17) is 9.52 Å². The topological polar surface area (TPSA) is 79.5 Å². The van der Waals surface area contributed by atoms with Crippen molar-refractivity contribution in [2.75, 3.05) is 5.32 Å². The van der Waals surface area contributed by atoms with E-state index in [1.54, 1.807) is 30.3 Å². The summed E-state index contributed by atoms with van der Waals surface area (Å²) in [5.41, 5.74) is 1.28. The number of furan rings is 1. The second kappa shape index (κ2) is 6.74. The third kappa shape index (κ3) is 3.72. The first-order chi connectivity index (χ1) is 10.1. The van der Waals surface area contributed by atoms with Crippen molar-refractivity contribution in [3.8, 4) is 11.3 Å². The van der Waals surface area contributed by atoms with E-state index in [1.807, 2.05) is 6.92 Å². The molecule has 0 fully saturated rings. The smallest absolute Gasteiger partial charge is 0.371 e. The molecule has 1 aromatic carbocycles. The van der Waals surface area contributed by atoms with Crippen molar-refractivity contribution in [2.45, 2.75) is 26.2 Å². The standard InChI is InChI=1S/C16H17NO4/c1-2-3-8-15(18)17-12-7-5-4-6-11(12)13-9-10-14(21-13)16(19)20/h4-7,9-10H,2-3,8H2,1H3,(H,17,18)(H,19,20). The van der Waals surface area contributed by atoms with E-state index in [9.17, 15) is 9.59 Å². The van der Waals surface area contributed by atoms with Crippen molar-refractivity contribution < 1.29 is 19.1 Å². The molecule has 0 unspecified atom stereocenters. The Kier molecular flexibility index (Phi) is 4.77. The average Bonchev–Trinajstić information content (AvgIpc) is 2.95. The maximum absolute atomic E-state index is 11.8. The van der Waals surface area contributed by atoms with E-state index in [-0.39, 0.29) is 11.7 Å². The molecule has 2 rings (SSSR count). The molecule has 2 N–H and O–H groups in total. The zero-order valence-electron chi connectivity index (χ0n) is 11.8. The molecule has 0 radical (unpaired) electrons. The largest absolute Gasteiger partial charge is 0.475 e. The number of amides is 1. The van der Waals surface area contributed by atoms with Crippen LogP contribution in [0, 0.1) is 0 Å². The monoisotopic (exact) mass is 287 g/mol. The van der Waals surface area contributed by atoms with Crippen LogP contribution >= 0.6 is 0 Å². The number of benzene rings is 1. The summed E-state index contributed by atoms with van der Waals surface area (Å²) in [5.74, 6) is -0.893. The number of aromatic carboxylic acids is 1. The molecule has 0 aliphatic heterocycles. The molecule has 0 saturated carbocycles. The second-order valence-electron chi connectivity index (χ2n) is 4.67. The van der Waals surface area contributed by atoms with Gasteiger partial charge >= 0.3 is 5.97 Å². The van der Waals surface area contributed by atoms with Crippen molar-refractivity contribution in [3.63, 3.8) is 0 Å². The van der Waals surface area contributed by atoms with Crippen LogP contribution in [0.4, 0.5) is 5.69 Å². The van der Waals surface area contributed by atoms with Crippen molar-refractivity contribution in [1.29, 1.82) is 0 Å². The highest BCUT2D eigenvalue weighted by Gasteiger charge is 2.14. The predicted molar refractivity (Wildman–Crippen MR) is 79.3 cm³/mol. The lowest BCUT2D eigenvalue weighted by molar-refractivity contribution is -0.116. The van der Waals surface area contributed by atoms with Crippen LogP contribution in [-0.2, 0) is 4.79 Å². The number of para-hydroxylation sites is 1. The Morgan fingerprint density at radius 1 is 1.19 bits per heavy atom. The van der Waals surface area contributed by atoms with E-state index in [0.29, 0.717) is 23.4 Å². The summed E-state index contributed by atoms with van der Waals surface area (Å²) in [6.07, 6.45) is 2.25. The number of carbonyl (C=O) groups excluding carboxylic acids is 1. The molecule has 1 amide bonds. The van der Waals surface area contributed by atoms with E-state index in [1.165, 1.54) is 6.07 Å². The van der Waals surface area contributed by atoms with Gasteiger partial charge in [-0.1, -0.05) is 25.5 Å². The van der Waals surface area contributed by atoms with Crippen LogP contribution in [0.5, 0.6) is 0 Å². The number of hydrogen-bond donors (Lipinski definition) is 2. The van der Waals surface area contributed by atoms with Gasteiger partial charge in [0.2, 0.25) is 11.7 Å². The van der Waals surface area contributed by atoms with Gasteiger partial charge in [0.05, 0.1) is 5.69 Å². The van der Waals surface area contributed by atoms with Gasteiger partial charge in [-0.15, -0.1) is 0 Å². The van der Waals surface area contributed by atoms with Crippen LogP contribution in [-0.4, -0.2) is 17.0 Å². The van der Waals surface area contributed by atoms with E-state index in [0.717, 1.165) is 12.8 Å². The number of nitrogens with one attached hydrogen (secondary N) is 1. The van der Waals surface area contributed by atoms with E-state index < -0.39 is 5.97 Å². The minimum absolute atomic E-state index is 0.0608. The van der Waals surface area contributed by atoms with Crippen molar-refractivity contribution >= 4 is 17.6 Å². The lowest BCUT2D eigenvalue weighted by Crippen LogP contribution is -2.11. The third-order valence-electron chi connectivity index (χ3n) is 3.04. The van der Waals surface area contributed by atoms with Crippen molar-refractivity contribution in [2.24, 2.45) is 0 Å². The van der Waals surface area contributed by atoms with Gasteiger partial charge in [-0.25, -0.2) is 4.79 Å². The normalized spacial score (nSPS) is 10.3. The molecule has 0 saturated heterocycles. The highest BCUT2D eigenvalue weighted by atomic mass is 16.4. The summed E-state index contributed by atoms with van der Waals surface area (Å²) in [5, 5.41) is 11.7. The van der Waals surface area contributed by atoms with Crippen LogP contribution < -0.4 is 5.32 Å². The fourth-order valence-electron chi connectivity index (χ4n) is 1.95. The van der Waals surface area contributed by atoms with Gasteiger partial charge in [0.25, 0.3) is 0 Å². The minimum atomic E-state index is -1.12. The molecule has 0 aliphatic carbocycles. The quantitative estimate of drug-likeness (QED) is 0.847.